The molecule has 0 saturated carbocycles. The Hall–Kier alpha value is -2.19. The molecular weight excluding hydrogens is 326 g/mol. The number of rotatable bonds is 4. The van der Waals surface area contributed by atoms with Crippen LogP contribution in [0.4, 0.5) is 0 Å². The van der Waals surface area contributed by atoms with Gasteiger partial charge in [-0.15, -0.1) is 0 Å². The Labute approximate surface area is 140 Å². The van der Waals surface area contributed by atoms with E-state index in [0.29, 0.717) is 13.1 Å². The number of hydrogen-bond acceptors (Lipinski definition) is 4. The van der Waals surface area contributed by atoms with Gasteiger partial charge in [-0.25, -0.2) is 13.4 Å². The van der Waals surface area contributed by atoms with Crippen molar-refractivity contribution in [2.45, 2.75) is 25.1 Å². The largest absolute Gasteiger partial charge is 0.346 e. The molecule has 3 aromatic rings. The Kier molecular flexibility index (Phi) is 3.47. The zero-order valence-electron chi connectivity index (χ0n) is 13.5. The van der Waals surface area contributed by atoms with Gasteiger partial charge in [0.1, 0.15) is 5.65 Å². The predicted octanol–water partition coefficient (Wildman–Crippen LogP) is 2.02. The van der Waals surface area contributed by atoms with Crippen molar-refractivity contribution < 1.29 is 8.42 Å². The highest BCUT2D eigenvalue weighted by Gasteiger charge is 2.38. The SMILES string of the molecule is CC(C)S(=O)(=O)N1CC(n2cc(-c3ccnc4[nH]ccc34)cn2)C1. The Bertz CT molecular complexity index is 983. The van der Waals surface area contributed by atoms with Gasteiger partial charge in [0.15, 0.2) is 0 Å². The van der Waals surface area contributed by atoms with Crippen LogP contribution in [0.5, 0.6) is 0 Å². The molecule has 0 radical (unpaired) electrons. The normalized spacial score (nSPS) is 16.8. The summed E-state index contributed by atoms with van der Waals surface area (Å²) in [5.41, 5.74) is 2.92. The van der Waals surface area contributed by atoms with Crippen molar-refractivity contribution in [1.29, 1.82) is 0 Å². The van der Waals surface area contributed by atoms with Crippen LogP contribution in [0.15, 0.2) is 36.9 Å². The summed E-state index contributed by atoms with van der Waals surface area (Å²) in [6.07, 6.45) is 7.44. The first-order valence-corrected chi connectivity index (χ1v) is 9.42. The van der Waals surface area contributed by atoms with E-state index in [4.69, 9.17) is 0 Å². The maximum Gasteiger partial charge on any atom is 0.216 e. The monoisotopic (exact) mass is 345 g/mol. The molecule has 0 bridgehead atoms. The number of nitrogens with one attached hydrogen (secondary N) is 1. The Morgan fingerprint density at radius 3 is 2.83 bits per heavy atom. The third-order valence-corrected chi connectivity index (χ3v) is 6.74. The second-order valence-electron chi connectivity index (χ2n) is 6.37. The fraction of sp³-hybridized carbons (Fsp3) is 0.375. The molecule has 0 aromatic carbocycles. The van der Waals surface area contributed by atoms with Gasteiger partial charge in [0.2, 0.25) is 10.0 Å². The molecule has 8 heteroatoms. The van der Waals surface area contributed by atoms with E-state index in [2.05, 4.69) is 15.1 Å². The number of aromatic amines is 1. The number of aromatic nitrogens is 4. The maximum absolute atomic E-state index is 12.1. The van der Waals surface area contributed by atoms with Crippen LogP contribution in [0.1, 0.15) is 19.9 Å². The maximum atomic E-state index is 12.1. The fourth-order valence-corrected chi connectivity index (χ4v) is 4.34. The van der Waals surface area contributed by atoms with E-state index < -0.39 is 10.0 Å². The number of H-pyrrole nitrogens is 1. The highest BCUT2D eigenvalue weighted by atomic mass is 32.2. The van der Waals surface area contributed by atoms with Gasteiger partial charge in [-0.3, -0.25) is 4.68 Å². The van der Waals surface area contributed by atoms with Crippen molar-refractivity contribution in [3.05, 3.63) is 36.9 Å². The lowest BCUT2D eigenvalue weighted by molar-refractivity contribution is 0.190. The smallest absolute Gasteiger partial charge is 0.216 e. The summed E-state index contributed by atoms with van der Waals surface area (Å²) in [5, 5.41) is 5.10. The molecule has 1 saturated heterocycles. The summed E-state index contributed by atoms with van der Waals surface area (Å²) in [6.45, 7) is 4.38. The van der Waals surface area contributed by atoms with E-state index in [1.807, 2.05) is 35.4 Å². The van der Waals surface area contributed by atoms with Crippen molar-refractivity contribution in [2.75, 3.05) is 13.1 Å². The number of fused-ring (bicyclic) bond motifs is 1. The molecular formula is C16H19N5O2S. The first kappa shape index (κ1) is 15.3. The van der Waals surface area contributed by atoms with Crippen LogP contribution in [0.2, 0.25) is 0 Å². The standard InChI is InChI=1S/C16H19N5O2S/c1-11(2)24(22,23)20-9-13(10-20)21-8-12(7-19-21)14-3-5-17-16-15(14)4-6-18-16/h3-8,11,13H,9-10H2,1-2H3,(H,17,18). The number of pyridine rings is 1. The van der Waals surface area contributed by atoms with Gasteiger partial charge in [0.25, 0.3) is 0 Å². The molecule has 0 aliphatic carbocycles. The van der Waals surface area contributed by atoms with E-state index in [1.54, 1.807) is 20.0 Å². The summed E-state index contributed by atoms with van der Waals surface area (Å²) in [5.74, 6) is 0. The molecule has 0 unspecified atom stereocenters. The van der Waals surface area contributed by atoms with E-state index in [0.717, 1.165) is 22.2 Å². The third kappa shape index (κ3) is 2.33. The van der Waals surface area contributed by atoms with Crippen LogP contribution in [0.25, 0.3) is 22.2 Å². The third-order valence-electron chi connectivity index (χ3n) is 4.53. The minimum Gasteiger partial charge on any atom is -0.346 e. The summed E-state index contributed by atoms with van der Waals surface area (Å²) in [6, 6.07) is 4.05. The van der Waals surface area contributed by atoms with Gasteiger partial charge in [0.05, 0.1) is 17.5 Å². The number of sulfonamides is 1. The minimum absolute atomic E-state index is 0.0934. The van der Waals surface area contributed by atoms with Crippen LogP contribution in [-0.4, -0.2) is 50.8 Å². The van der Waals surface area contributed by atoms with E-state index >= 15 is 0 Å². The van der Waals surface area contributed by atoms with E-state index in [1.165, 1.54) is 4.31 Å². The van der Waals surface area contributed by atoms with Gasteiger partial charge < -0.3 is 4.98 Å². The summed E-state index contributed by atoms with van der Waals surface area (Å²) >= 11 is 0. The molecule has 4 heterocycles. The molecule has 126 valence electrons. The average Bonchev–Trinajstić information content (AvgIpc) is 3.13. The van der Waals surface area contributed by atoms with Crippen LogP contribution in [0.3, 0.4) is 0 Å². The average molecular weight is 345 g/mol. The van der Waals surface area contributed by atoms with Crippen LogP contribution < -0.4 is 0 Å². The van der Waals surface area contributed by atoms with Gasteiger partial charge >= 0.3 is 0 Å². The lowest BCUT2D eigenvalue weighted by Crippen LogP contribution is -2.52. The van der Waals surface area contributed by atoms with Crippen LogP contribution >= 0.6 is 0 Å². The highest BCUT2D eigenvalue weighted by Crippen LogP contribution is 2.30. The van der Waals surface area contributed by atoms with Crippen molar-refractivity contribution >= 4 is 21.1 Å². The van der Waals surface area contributed by atoms with Crippen LogP contribution in [-0.2, 0) is 10.0 Å². The summed E-state index contributed by atoms with van der Waals surface area (Å²) in [7, 11) is -3.17. The first-order chi connectivity index (χ1) is 11.5. The summed E-state index contributed by atoms with van der Waals surface area (Å²) < 4.78 is 27.6. The van der Waals surface area contributed by atoms with Gasteiger partial charge in [-0.1, -0.05) is 0 Å². The lowest BCUT2D eigenvalue weighted by Gasteiger charge is -2.39. The van der Waals surface area contributed by atoms with Crippen molar-refractivity contribution in [3.63, 3.8) is 0 Å². The molecule has 3 aromatic heterocycles. The first-order valence-electron chi connectivity index (χ1n) is 7.92. The van der Waals surface area contributed by atoms with Crippen molar-refractivity contribution in [1.82, 2.24) is 24.1 Å². The molecule has 0 amide bonds. The van der Waals surface area contributed by atoms with Crippen molar-refractivity contribution in [2.24, 2.45) is 0 Å². The molecule has 0 atom stereocenters. The molecule has 24 heavy (non-hydrogen) atoms. The Morgan fingerprint density at radius 1 is 1.29 bits per heavy atom. The topological polar surface area (TPSA) is 83.9 Å². The minimum atomic E-state index is -3.17. The quantitative estimate of drug-likeness (QED) is 0.784. The van der Waals surface area contributed by atoms with E-state index in [-0.39, 0.29) is 11.3 Å². The fourth-order valence-electron chi connectivity index (χ4n) is 2.98. The van der Waals surface area contributed by atoms with Gasteiger partial charge in [-0.05, 0) is 31.5 Å². The van der Waals surface area contributed by atoms with Gasteiger partial charge in [-0.2, -0.15) is 9.40 Å². The molecule has 4 rings (SSSR count). The van der Waals surface area contributed by atoms with Gasteiger partial charge in [0, 0.05) is 42.6 Å². The number of hydrogen-bond donors (Lipinski definition) is 1. The Balaban J connectivity index is 1.56. The zero-order valence-corrected chi connectivity index (χ0v) is 14.4. The Morgan fingerprint density at radius 2 is 2.08 bits per heavy atom. The summed E-state index contributed by atoms with van der Waals surface area (Å²) in [4.78, 5) is 7.40. The van der Waals surface area contributed by atoms with Crippen molar-refractivity contribution in [3.8, 4) is 11.1 Å². The highest BCUT2D eigenvalue weighted by molar-refractivity contribution is 7.89. The molecule has 1 aliphatic rings. The lowest BCUT2D eigenvalue weighted by atomic mass is 10.1. The molecule has 0 spiro atoms. The second-order valence-corrected chi connectivity index (χ2v) is 8.86. The molecule has 1 fully saturated rings. The molecule has 1 aliphatic heterocycles. The predicted molar refractivity (Wildman–Crippen MR) is 92.0 cm³/mol. The zero-order chi connectivity index (χ0) is 16.9. The molecule has 7 nitrogen and oxygen atoms in total. The van der Waals surface area contributed by atoms with E-state index in [9.17, 15) is 8.42 Å². The number of nitrogens with zero attached hydrogens (tertiary/aromatic N) is 4. The van der Waals surface area contributed by atoms with Crippen LogP contribution in [0, 0.1) is 0 Å². The molecule has 1 N–H and O–H groups in total. The second kappa shape index (κ2) is 5.42.